The van der Waals surface area contributed by atoms with Crippen LogP contribution in [-0.2, 0) is 21.1 Å². The molecule has 0 aliphatic rings. The minimum absolute atomic E-state index is 0. The van der Waals surface area contributed by atoms with E-state index in [9.17, 15) is 0 Å². The van der Waals surface area contributed by atoms with Crippen LogP contribution in [-0.4, -0.2) is 0 Å². The van der Waals surface area contributed by atoms with Gasteiger partial charge in [0, 0.05) is 21.1 Å². The first kappa shape index (κ1) is 9.06. The van der Waals surface area contributed by atoms with E-state index in [1.807, 2.05) is 13.8 Å². The molecule has 0 atom stereocenters. The fourth-order valence-electron chi connectivity index (χ4n) is 0. The zero-order valence-corrected chi connectivity index (χ0v) is 6.42. The quantitative estimate of drug-likeness (QED) is 0.560. The molecule has 0 heterocycles. The molecular weight excluding hydrogens is 232 g/mol. The van der Waals surface area contributed by atoms with E-state index in [-0.39, 0.29) is 21.1 Å². The summed E-state index contributed by atoms with van der Waals surface area (Å²) in [5, 5.41) is 0. The molecule has 0 aliphatic heterocycles. The van der Waals surface area contributed by atoms with Gasteiger partial charge in [0.25, 0.3) is 0 Å². The number of hydrogen-bond donors (Lipinski definition) is 0. The molecule has 0 N–H and O–H groups in total. The molecule has 0 radical (unpaired) electrons. The molecule has 0 saturated carbocycles. The van der Waals surface area contributed by atoms with E-state index in [1.54, 1.807) is 0 Å². The first-order valence-electron chi connectivity index (χ1n) is 1.29. The third-order valence-corrected chi connectivity index (χ3v) is 0. The van der Waals surface area contributed by atoms with Gasteiger partial charge in [-0.1, -0.05) is 13.8 Å². The van der Waals surface area contributed by atoms with Gasteiger partial charge in [-0.2, -0.15) is 0 Å². The van der Waals surface area contributed by atoms with Gasteiger partial charge in [0.2, 0.25) is 0 Å². The van der Waals surface area contributed by atoms with Crippen molar-refractivity contribution in [2.75, 3.05) is 0 Å². The van der Waals surface area contributed by atoms with Gasteiger partial charge in [0.05, 0.1) is 0 Å². The molecule has 0 bridgehead atoms. The smallest absolute Gasteiger partial charge is 0 e. The van der Waals surface area contributed by atoms with Gasteiger partial charge < -0.3 is 6.58 Å². The van der Waals surface area contributed by atoms with Crippen LogP contribution in [0.25, 0.3) is 0 Å². The monoisotopic (exact) mass is 239 g/mol. The van der Waals surface area contributed by atoms with Crippen molar-refractivity contribution < 1.29 is 21.1 Å². The molecule has 1 heteroatoms. The predicted molar refractivity (Wildman–Crippen MR) is 19.2 cm³/mol. The summed E-state index contributed by atoms with van der Waals surface area (Å²) in [7, 11) is 0. The molecule has 0 aromatic carbocycles. The van der Waals surface area contributed by atoms with E-state index < -0.39 is 0 Å². The van der Waals surface area contributed by atoms with Crippen LogP contribution in [0.3, 0.4) is 0 Å². The van der Waals surface area contributed by atoms with E-state index in [0.717, 1.165) is 5.57 Å². The average molecular weight is 239 g/mol. The Morgan fingerprint density at radius 2 is 1.40 bits per heavy atom. The molecule has 0 spiro atoms. The minimum atomic E-state index is 0. The van der Waals surface area contributed by atoms with Gasteiger partial charge in [-0.05, 0) is 0 Å². The zero-order chi connectivity index (χ0) is 3.58. The van der Waals surface area contributed by atoms with E-state index in [2.05, 4.69) is 0 Å². The summed E-state index contributed by atoms with van der Waals surface area (Å²) >= 11 is 0. The third kappa shape index (κ3) is 142. The molecule has 30 valence electrons. The Bertz CT molecular complexity index is 26.6. The summed E-state index contributed by atoms with van der Waals surface area (Å²) in [6.07, 6.45) is 0. The minimum Gasteiger partial charge on any atom is -0.515 e. The van der Waals surface area contributed by atoms with Crippen molar-refractivity contribution in [1.82, 2.24) is 0 Å². The standard InChI is InChI=1S/C4H7.W/c1-4(2)3;/h1H,2-3H3;/q-1;. The Morgan fingerprint density at radius 1 is 1.40 bits per heavy atom. The number of allylic oxidation sites excluding steroid dienone is 1. The van der Waals surface area contributed by atoms with Crippen LogP contribution in [0, 0.1) is 6.58 Å². The normalized spacial score (nSPS) is 5.20. The fourth-order valence-corrected chi connectivity index (χ4v) is 0. The van der Waals surface area contributed by atoms with Gasteiger partial charge in [0.15, 0.2) is 0 Å². The molecule has 0 nitrogen and oxygen atoms in total. The van der Waals surface area contributed by atoms with Gasteiger partial charge in [-0.15, -0.1) is 0 Å². The van der Waals surface area contributed by atoms with Crippen LogP contribution in [0.5, 0.6) is 0 Å². The molecule has 5 heavy (non-hydrogen) atoms. The molecule has 0 amide bonds. The SMILES string of the molecule is [CH-]=C(C)C.[W]. The van der Waals surface area contributed by atoms with E-state index in [4.69, 9.17) is 6.58 Å². The van der Waals surface area contributed by atoms with Crippen LogP contribution in [0.1, 0.15) is 13.8 Å². The first-order valence-corrected chi connectivity index (χ1v) is 1.29. The predicted octanol–water partition coefficient (Wildman–Crippen LogP) is 1.38. The molecule has 0 fully saturated rings. The van der Waals surface area contributed by atoms with Crippen molar-refractivity contribution in [1.29, 1.82) is 0 Å². The van der Waals surface area contributed by atoms with Gasteiger partial charge in [-0.3, -0.25) is 5.57 Å². The molecular formula is C4H7W-. The fraction of sp³-hybridized carbons (Fsp3) is 0.500. The summed E-state index contributed by atoms with van der Waals surface area (Å²) in [6, 6.07) is 0. The van der Waals surface area contributed by atoms with Crippen molar-refractivity contribution >= 4 is 0 Å². The maximum atomic E-state index is 5.03. The van der Waals surface area contributed by atoms with Crippen molar-refractivity contribution in [2.24, 2.45) is 0 Å². The maximum absolute atomic E-state index is 5.03. The van der Waals surface area contributed by atoms with Crippen molar-refractivity contribution in [2.45, 2.75) is 13.8 Å². The molecule has 0 unspecified atom stereocenters. The van der Waals surface area contributed by atoms with Crippen LogP contribution in [0.15, 0.2) is 5.57 Å². The Labute approximate surface area is 47.5 Å². The molecule has 0 rings (SSSR count). The van der Waals surface area contributed by atoms with Crippen molar-refractivity contribution in [3.05, 3.63) is 12.2 Å². The van der Waals surface area contributed by atoms with E-state index in [1.165, 1.54) is 0 Å². The average Bonchev–Trinajstić information content (AvgIpc) is 0.811. The van der Waals surface area contributed by atoms with Crippen LogP contribution in [0.4, 0.5) is 0 Å². The van der Waals surface area contributed by atoms with Crippen molar-refractivity contribution in [3.8, 4) is 0 Å². The van der Waals surface area contributed by atoms with Gasteiger partial charge in [-0.25, -0.2) is 0 Å². The molecule has 0 aromatic heterocycles. The Morgan fingerprint density at radius 3 is 1.40 bits per heavy atom. The van der Waals surface area contributed by atoms with E-state index in [0.29, 0.717) is 0 Å². The van der Waals surface area contributed by atoms with Crippen molar-refractivity contribution in [3.63, 3.8) is 0 Å². The Hall–Kier alpha value is 0.428. The van der Waals surface area contributed by atoms with E-state index >= 15 is 0 Å². The largest absolute Gasteiger partial charge is 0.515 e. The molecule has 0 saturated heterocycles. The van der Waals surface area contributed by atoms with Crippen LogP contribution < -0.4 is 0 Å². The first-order chi connectivity index (χ1) is 1.73. The summed E-state index contributed by atoms with van der Waals surface area (Å²) in [4.78, 5) is 0. The maximum Gasteiger partial charge on any atom is 0 e. The number of hydrogen-bond acceptors (Lipinski definition) is 0. The summed E-state index contributed by atoms with van der Waals surface area (Å²) in [6.45, 7) is 8.75. The number of rotatable bonds is 0. The summed E-state index contributed by atoms with van der Waals surface area (Å²) < 4.78 is 0. The second kappa shape index (κ2) is 4.43. The third-order valence-electron chi connectivity index (χ3n) is 0. The van der Waals surface area contributed by atoms with Crippen LogP contribution >= 0.6 is 0 Å². The topological polar surface area (TPSA) is 0 Å². The summed E-state index contributed by atoms with van der Waals surface area (Å²) in [5.74, 6) is 0. The van der Waals surface area contributed by atoms with Gasteiger partial charge >= 0.3 is 0 Å². The Balaban J connectivity index is 0. The zero-order valence-electron chi connectivity index (χ0n) is 3.49. The molecule has 0 aromatic rings. The summed E-state index contributed by atoms with van der Waals surface area (Å²) in [5.41, 5.74) is 0.917. The van der Waals surface area contributed by atoms with Crippen LogP contribution in [0.2, 0.25) is 0 Å². The van der Waals surface area contributed by atoms with Gasteiger partial charge in [0.1, 0.15) is 0 Å². The Kier molecular flexibility index (Phi) is 8.02. The second-order valence-corrected chi connectivity index (χ2v) is 1.08. The molecule has 0 aliphatic carbocycles. The second-order valence-electron chi connectivity index (χ2n) is 1.08.